The number of methoxy groups -OCH3 is 1. The molecule has 3 heteroatoms. The lowest BCUT2D eigenvalue weighted by Crippen LogP contribution is -2.31. The van der Waals surface area contributed by atoms with E-state index >= 15 is 0 Å². The molecule has 2 aromatic carbocycles. The van der Waals surface area contributed by atoms with Crippen molar-refractivity contribution in [1.29, 1.82) is 0 Å². The number of amides is 1. The van der Waals surface area contributed by atoms with Crippen LogP contribution in [0.1, 0.15) is 45.9 Å². The van der Waals surface area contributed by atoms with Gasteiger partial charge in [0.05, 0.1) is 13.2 Å². The van der Waals surface area contributed by atoms with E-state index < -0.39 is 0 Å². The van der Waals surface area contributed by atoms with Gasteiger partial charge in [0.2, 0.25) is 0 Å². The fraction of sp³-hybridized carbons (Fsp3) is 0.286. The molecule has 0 radical (unpaired) electrons. The predicted molar refractivity (Wildman–Crippen MR) is 96.5 cm³/mol. The number of ether oxygens (including phenoxy) is 1. The molecule has 0 spiro atoms. The number of aryl methyl sites for hydroxylation is 1. The second kappa shape index (κ2) is 7.35. The van der Waals surface area contributed by atoms with Crippen LogP contribution in [0.25, 0.3) is 0 Å². The highest BCUT2D eigenvalue weighted by molar-refractivity contribution is 5.95. The van der Waals surface area contributed by atoms with E-state index in [-0.39, 0.29) is 11.9 Å². The van der Waals surface area contributed by atoms with Gasteiger partial charge in [-0.05, 0) is 60.6 Å². The number of nitrogens with one attached hydrogen (secondary N) is 1. The minimum atomic E-state index is -0.0373. The number of fused-ring (bicyclic) bond motifs is 1. The van der Waals surface area contributed by atoms with E-state index in [1.165, 1.54) is 11.1 Å². The van der Waals surface area contributed by atoms with Gasteiger partial charge in [0.1, 0.15) is 5.75 Å². The third kappa shape index (κ3) is 3.35. The number of hydrogen-bond donors (Lipinski definition) is 1. The monoisotopic (exact) mass is 321 g/mol. The van der Waals surface area contributed by atoms with Gasteiger partial charge in [-0.1, -0.05) is 30.3 Å². The molecule has 0 bridgehead atoms. The molecule has 24 heavy (non-hydrogen) atoms. The lowest BCUT2D eigenvalue weighted by molar-refractivity contribution is 0.0932. The van der Waals surface area contributed by atoms with E-state index in [2.05, 4.69) is 30.1 Å². The maximum atomic E-state index is 12.7. The minimum absolute atomic E-state index is 0.0373. The van der Waals surface area contributed by atoms with Crippen molar-refractivity contribution in [3.05, 3.63) is 77.4 Å². The first kappa shape index (κ1) is 16.3. The Labute approximate surface area is 143 Å². The summed E-state index contributed by atoms with van der Waals surface area (Å²) in [5.41, 5.74) is 4.23. The number of benzene rings is 2. The fourth-order valence-corrected chi connectivity index (χ4v) is 3.38. The third-order valence-electron chi connectivity index (χ3n) is 4.58. The highest BCUT2D eigenvalue weighted by Crippen LogP contribution is 2.30. The smallest absolute Gasteiger partial charge is 0.251 e. The summed E-state index contributed by atoms with van der Waals surface area (Å²) in [7, 11) is 1.64. The Kier molecular flexibility index (Phi) is 4.99. The maximum Gasteiger partial charge on any atom is 0.251 e. The van der Waals surface area contributed by atoms with Gasteiger partial charge < -0.3 is 10.1 Å². The van der Waals surface area contributed by atoms with Crippen molar-refractivity contribution in [2.24, 2.45) is 0 Å². The Morgan fingerprint density at radius 1 is 1.33 bits per heavy atom. The minimum Gasteiger partial charge on any atom is -0.496 e. The molecule has 0 aliphatic heterocycles. The molecule has 124 valence electrons. The summed E-state index contributed by atoms with van der Waals surface area (Å²) in [6, 6.07) is 14.0. The highest BCUT2D eigenvalue weighted by atomic mass is 16.5. The Hall–Kier alpha value is -2.55. The molecule has 1 aliphatic rings. The summed E-state index contributed by atoms with van der Waals surface area (Å²) in [6.45, 7) is 3.77. The van der Waals surface area contributed by atoms with Crippen LogP contribution in [-0.4, -0.2) is 13.0 Å². The van der Waals surface area contributed by atoms with E-state index in [0.29, 0.717) is 12.0 Å². The first-order valence-electron chi connectivity index (χ1n) is 8.39. The second-order valence-corrected chi connectivity index (χ2v) is 6.14. The summed E-state index contributed by atoms with van der Waals surface area (Å²) < 4.78 is 5.35. The number of carbonyl (C=O) groups excluding carboxylic acids is 1. The molecule has 1 unspecified atom stereocenters. The Morgan fingerprint density at radius 2 is 2.17 bits per heavy atom. The van der Waals surface area contributed by atoms with Crippen molar-refractivity contribution < 1.29 is 9.53 Å². The zero-order valence-corrected chi connectivity index (χ0v) is 14.0. The molecule has 1 amide bonds. The fourth-order valence-electron chi connectivity index (χ4n) is 3.38. The van der Waals surface area contributed by atoms with E-state index in [1.807, 2.05) is 30.3 Å². The van der Waals surface area contributed by atoms with Crippen molar-refractivity contribution in [2.45, 2.75) is 31.7 Å². The third-order valence-corrected chi connectivity index (χ3v) is 4.58. The van der Waals surface area contributed by atoms with Gasteiger partial charge in [-0.25, -0.2) is 0 Å². The molecular formula is C21H23NO2. The topological polar surface area (TPSA) is 38.3 Å². The van der Waals surface area contributed by atoms with Gasteiger partial charge >= 0.3 is 0 Å². The standard InChI is InChI=1S/C21H23NO2/c1-3-7-16-14-17(12-13-20(16)24-2)21(23)22-19-11-6-9-15-8-4-5-10-18(15)19/h3-5,8,10,12-14,19H,1,6-7,9,11H2,2H3,(H,22,23). The van der Waals surface area contributed by atoms with Crippen LogP contribution >= 0.6 is 0 Å². The van der Waals surface area contributed by atoms with Crippen LogP contribution in [0.15, 0.2) is 55.1 Å². The molecular weight excluding hydrogens is 298 g/mol. The van der Waals surface area contributed by atoms with Gasteiger partial charge in [0.25, 0.3) is 5.91 Å². The van der Waals surface area contributed by atoms with E-state index in [4.69, 9.17) is 4.74 Å². The Morgan fingerprint density at radius 3 is 2.96 bits per heavy atom. The molecule has 0 fully saturated rings. The largest absolute Gasteiger partial charge is 0.496 e. The van der Waals surface area contributed by atoms with E-state index in [9.17, 15) is 4.79 Å². The first-order chi connectivity index (χ1) is 11.7. The van der Waals surface area contributed by atoms with Gasteiger partial charge in [-0.3, -0.25) is 4.79 Å². The van der Waals surface area contributed by atoms with Crippen LogP contribution in [-0.2, 0) is 12.8 Å². The van der Waals surface area contributed by atoms with Crippen LogP contribution in [0.3, 0.4) is 0 Å². The number of rotatable bonds is 5. The van der Waals surface area contributed by atoms with Gasteiger partial charge in [0, 0.05) is 5.56 Å². The van der Waals surface area contributed by atoms with Crippen LogP contribution < -0.4 is 10.1 Å². The van der Waals surface area contributed by atoms with E-state index in [0.717, 1.165) is 30.6 Å². The summed E-state index contributed by atoms with van der Waals surface area (Å²) in [5.74, 6) is 0.749. The molecule has 0 heterocycles. The van der Waals surface area contributed by atoms with Crippen LogP contribution in [0, 0.1) is 0 Å². The summed E-state index contributed by atoms with van der Waals surface area (Å²) in [5, 5.41) is 3.19. The number of hydrogen-bond acceptors (Lipinski definition) is 2. The Balaban J connectivity index is 1.81. The molecule has 1 N–H and O–H groups in total. The predicted octanol–water partition coefficient (Wildman–Crippen LogP) is 4.23. The number of allylic oxidation sites excluding steroid dienone is 1. The highest BCUT2D eigenvalue weighted by Gasteiger charge is 2.22. The molecule has 1 aliphatic carbocycles. The lowest BCUT2D eigenvalue weighted by Gasteiger charge is -2.26. The van der Waals surface area contributed by atoms with Crippen LogP contribution in [0.5, 0.6) is 5.75 Å². The molecule has 0 saturated heterocycles. The van der Waals surface area contributed by atoms with Crippen LogP contribution in [0.4, 0.5) is 0 Å². The van der Waals surface area contributed by atoms with Crippen molar-refractivity contribution >= 4 is 5.91 Å². The van der Waals surface area contributed by atoms with Crippen molar-refractivity contribution in [3.63, 3.8) is 0 Å². The molecule has 1 atom stereocenters. The maximum absolute atomic E-state index is 12.7. The summed E-state index contributed by atoms with van der Waals surface area (Å²) in [6.07, 6.45) is 5.67. The molecule has 2 aromatic rings. The van der Waals surface area contributed by atoms with Gasteiger partial charge in [0.15, 0.2) is 0 Å². The zero-order valence-electron chi connectivity index (χ0n) is 14.0. The molecule has 0 saturated carbocycles. The zero-order chi connectivity index (χ0) is 16.9. The quantitative estimate of drug-likeness (QED) is 0.837. The van der Waals surface area contributed by atoms with Gasteiger partial charge in [-0.15, -0.1) is 6.58 Å². The first-order valence-corrected chi connectivity index (χ1v) is 8.39. The van der Waals surface area contributed by atoms with Crippen LogP contribution in [0.2, 0.25) is 0 Å². The molecule has 3 rings (SSSR count). The van der Waals surface area contributed by atoms with Crippen molar-refractivity contribution in [2.75, 3.05) is 7.11 Å². The van der Waals surface area contributed by atoms with Gasteiger partial charge in [-0.2, -0.15) is 0 Å². The van der Waals surface area contributed by atoms with Crippen molar-refractivity contribution in [3.8, 4) is 5.75 Å². The average molecular weight is 321 g/mol. The molecule has 3 nitrogen and oxygen atoms in total. The van der Waals surface area contributed by atoms with Crippen molar-refractivity contribution in [1.82, 2.24) is 5.32 Å². The normalized spacial score (nSPS) is 16.1. The SMILES string of the molecule is C=CCc1cc(C(=O)NC2CCCc3ccccc32)ccc1OC. The molecule has 0 aromatic heterocycles. The second-order valence-electron chi connectivity index (χ2n) is 6.14. The summed E-state index contributed by atoms with van der Waals surface area (Å²) in [4.78, 5) is 12.7. The average Bonchev–Trinajstić information content (AvgIpc) is 2.62. The Bertz CT molecular complexity index is 751. The number of carbonyl (C=O) groups is 1. The van der Waals surface area contributed by atoms with E-state index in [1.54, 1.807) is 7.11 Å². The summed E-state index contributed by atoms with van der Waals surface area (Å²) >= 11 is 0. The lowest BCUT2D eigenvalue weighted by atomic mass is 9.87.